The number of esters is 1. The zero-order valence-electron chi connectivity index (χ0n) is 18.8. The SMILES string of the molecule is C=C1NC2=C(C(=O)CC(C)(C)C2)C(c2cccc(OC)c2)C1C(=O)OCc1ccccc1. The number of hydrogen-bond donors (Lipinski definition) is 1. The molecule has 0 spiro atoms. The van der Waals surface area contributed by atoms with Gasteiger partial charge in [-0.25, -0.2) is 0 Å². The predicted molar refractivity (Wildman–Crippen MR) is 123 cm³/mol. The van der Waals surface area contributed by atoms with E-state index in [1.165, 1.54) is 0 Å². The van der Waals surface area contributed by atoms with Crippen molar-refractivity contribution in [1.29, 1.82) is 0 Å². The van der Waals surface area contributed by atoms with E-state index < -0.39 is 17.8 Å². The van der Waals surface area contributed by atoms with Crippen LogP contribution in [0.3, 0.4) is 0 Å². The van der Waals surface area contributed by atoms with Crippen molar-refractivity contribution in [2.24, 2.45) is 11.3 Å². The van der Waals surface area contributed by atoms with Crippen molar-refractivity contribution in [2.45, 2.75) is 39.2 Å². The van der Waals surface area contributed by atoms with Crippen LogP contribution in [0.1, 0.15) is 43.7 Å². The monoisotopic (exact) mass is 431 g/mol. The summed E-state index contributed by atoms with van der Waals surface area (Å²) in [5.74, 6) is -0.850. The maximum absolute atomic E-state index is 13.3. The summed E-state index contributed by atoms with van der Waals surface area (Å²) in [5.41, 5.74) is 3.67. The van der Waals surface area contributed by atoms with Crippen molar-refractivity contribution in [3.05, 3.63) is 89.3 Å². The molecule has 2 aromatic carbocycles. The third kappa shape index (κ3) is 4.33. The van der Waals surface area contributed by atoms with Gasteiger partial charge in [-0.1, -0.05) is 62.9 Å². The van der Waals surface area contributed by atoms with E-state index in [4.69, 9.17) is 9.47 Å². The molecule has 1 heterocycles. The molecular weight excluding hydrogens is 402 g/mol. The topological polar surface area (TPSA) is 64.6 Å². The molecule has 0 saturated heterocycles. The lowest BCUT2D eigenvalue weighted by atomic mass is 9.66. The number of hydrogen-bond acceptors (Lipinski definition) is 5. The predicted octanol–water partition coefficient (Wildman–Crippen LogP) is 4.90. The number of allylic oxidation sites excluding steroid dienone is 2. The second kappa shape index (κ2) is 8.65. The third-order valence-corrected chi connectivity index (χ3v) is 6.18. The molecular formula is C27H29NO4. The molecule has 2 aliphatic rings. The van der Waals surface area contributed by atoms with Crippen LogP contribution in [0, 0.1) is 11.3 Å². The van der Waals surface area contributed by atoms with Gasteiger partial charge in [-0.15, -0.1) is 0 Å². The number of Topliss-reactive ketones (excluding diaryl/α,β-unsaturated/α-hetero) is 1. The first kappa shape index (κ1) is 21.9. The third-order valence-electron chi connectivity index (χ3n) is 6.18. The van der Waals surface area contributed by atoms with Gasteiger partial charge in [0.2, 0.25) is 0 Å². The highest BCUT2D eigenvalue weighted by Gasteiger charge is 2.46. The molecule has 5 heteroatoms. The summed E-state index contributed by atoms with van der Waals surface area (Å²) < 4.78 is 11.1. The molecule has 0 radical (unpaired) electrons. The largest absolute Gasteiger partial charge is 0.497 e. The molecule has 2 aromatic rings. The van der Waals surface area contributed by atoms with E-state index in [9.17, 15) is 9.59 Å². The van der Waals surface area contributed by atoms with Gasteiger partial charge in [0, 0.05) is 29.3 Å². The van der Waals surface area contributed by atoms with Crippen LogP contribution < -0.4 is 10.1 Å². The Labute approximate surface area is 189 Å². The second-order valence-corrected chi connectivity index (χ2v) is 9.31. The molecule has 1 aliphatic heterocycles. The lowest BCUT2D eigenvalue weighted by molar-refractivity contribution is -0.149. The Morgan fingerprint density at radius 3 is 2.59 bits per heavy atom. The Hall–Kier alpha value is -3.34. The Morgan fingerprint density at radius 1 is 1.12 bits per heavy atom. The van der Waals surface area contributed by atoms with E-state index in [-0.39, 0.29) is 17.8 Å². The zero-order chi connectivity index (χ0) is 22.9. The van der Waals surface area contributed by atoms with Crippen molar-refractivity contribution in [2.75, 3.05) is 7.11 Å². The number of rotatable bonds is 5. The summed E-state index contributed by atoms with van der Waals surface area (Å²) >= 11 is 0. The average Bonchev–Trinajstić information content (AvgIpc) is 2.76. The first-order valence-corrected chi connectivity index (χ1v) is 10.9. The van der Waals surface area contributed by atoms with Crippen LogP contribution >= 0.6 is 0 Å². The van der Waals surface area contributed by atoms with E-state index >= 15 is 0 Å². The maximum Gasteiger partial charge on any atom is 0.316 e. The lowest BCUT2D eigenvalue weighted by Crippen LogP contribution is -2.43. The highest BCUT2D eigenvalue weighted by Crippen LogP contribution is 2.48. The molecule has 1 aliphatic carbocycles. The van der Waals surface area contributed by atoms with E-state index in [0.717, 1.165) is 23.2 Å². The summed E-state index contributed by atoms with van der Waals surface area (Å²) in [6, 6.07) is 17.1. The Morgan fingerprint density at radius 2 is 1.88 bits per heavy atom. The minimum Gasteiger partial charge on any atom is -0.497 e. The van der Waals surface area contributed by atoms with Gasteiger partial charge in [-0.05, 0) is 35.1 Å². The standard InChI is InChI=1S/C27H29NO4/c1-17-23(26(30)32-16-18-9-6-5-7-10-18)24(19-11-8-12-20(13-19)31-4)25-21(28-17)14-27(2,3)15-22(25)29/h5-13,23-24,28H,1,14-16H2,2-4H3. The number of methoxy groups -OCH3 is 1. The smallest absolute Gasteiger partial charge is 0.316 e. The van der Waals surface area contributed by atoms with Crippen molar-refractivity contribution in [1.82, 2.24) is 5.32 Å². The first-order chi connectivity index (χ1) is 15.3. The molecule has 2 atom stereocenters. The van der Waals surface area contributed by atoms with Crippen LogP contribution in [0.2, 0.25) is 0 Å². The van der Waals surface area contributed by atoms with Crippen LogP contribution in [0.4, 0.5) is 0 Å². The normalized spacial score (nSPS) is 22.1. The fourth-order valence-electron chi connectivity index (χ4n) is 4.74. The quantitative estimate of drug-likeness (QED) is 0.683. The molecule has 0 bridgehead atoms. The molecule has 1 N–H and O–H groups in total. The van der Waals surface area contributed by atoms with Gasteiger partial charge >= 0.3 is 5.97 Å². The van der Waals surface area contributed by atoms with Crippen LogP contribution in [-0.4, -0.2) is 18.9 Å². The number of nitrogens with one attached hydrogen (secondary N) is 1. The molecule has 0 saturated carbocycles. The van der Waals surface area contributed by atoms with Gasteiger partial charge in [-0.2, -0.15) is 0 Å². The number of ketones is 1. The fourth-order valence-corrected chi connectivity index (χ4v) is 4.74. The van der Waals surface area contributed by atoms with Crippen LogP contribution in [0.25, 0.3) is 0 Å². The number of benzene rings is 2. The number of carbonyl (C=O) groups excluding carboxylic acids is 2. The van der Waals surface area contributed by atoms with Crippen molar-refractivity contribution >= 4 is 11.8 Å². The van der Waals surface area contributed by atoms with Gasteiger partial charge in [0.15, 0.2) is 5.78 Å². The average molecular weight is 432 g/mol. The van der Waals surface area contributed by atoms with E-state index in [1.54, 1.807) is 7.11 Å². The van der Waals surface area contributed by atoms with Gasteiger partial charge < -0.3 is 14.8 Å². The molecule has 166 valence electrons. The van der Waals surface area contributed by atoms with Gasteiger partial charge in [0.05, 0.1) is 7.11 Å². The number of carbonyl (C=O) groups is 2. The second-order valence-electron chi connectivity index (χ2n) is 9.31. The maximum atomic E-state index is 13.3. The summed E-state index contributed by atoms with van der Waals surface area (Å²) in [6.07, 6.45) is 1.16. The number of ether oxygens (including phenoxy) is 2. The van der Waals surface area contributed by atoms with Crippen LogP contribution in [0.5, 0.6) is 5.75 Å². The highest BCUT2D eigenvalue weighted by molar-refractivity contribution is 6.00. The Kier molecular flexibility index (Phi) is 5.92. The molecule has 32 heavy (non-hydrogen) atoms. The van der Waals surface area contributed by atoms with Crippen LogP contribution in [0.15, 0.2) is 78.1 Å². The van der Waals surface area contributed by atoms with Crippen molar-refractivity contribution in [3.63, 3.8) is 0 Å². The molecule has 0 aromatic heterocycles. The van der Waals surface area contributed by atoms with Crippen molar-refractivity contribution in [3.8, 4) is 5.75 Å². The Balaban J connectivity index is 1.74. The summed E-state index contributed by atoms with van der Waals surface area (Å²) in [6.45, 7) is 8.50. The highest BCUT2D eigenvalue weighted by atomic mass is 16.5. The van der Waals surface area contributed by atoms with E-state index in [1.807, 2.05) is 54.6 Å². The molecule has 4 rings (SSSR count). The molecule has 5 nitrogen and oxygen atoms in total. The van der Waals surface area contributed by atoms with Crippen LogP contribution in [-0.2, 0) is 20.9 Å². The minimum absolute atomic E-state index is 0.0601. The minimum atomic E-state index is -0.713. The summed E-state index contributed by atoms with van der Waals surface area (Å²) in [7, 11) is 1.60. The lowest BCUT2D eigenvalue weighted by Gasteiger charge is -2.42. The van der Waals surface area contributed by atoms with E-state index in [2.05, 4.69) is 25.7 Å². The fraction of sp³-hybridized carbons (Fsp3) is 0.333. The zero-order valence-corrected chi connectivity index (χ0v) is 18.8. The first-order valence-electron chi connectivity index (χ1n) is 10.9. The van der Waals surface area contributed by atoms with Crippen molar-refractivity contribution < 1.29 is 19.1 Å². The molecule has 0 amide bonds. The Bertz CT molecular complexity index is 1080. The molecule has 2 unspecified atom stereocenters. The molecule has 0 fully saturated rings. The van der Waals surface area contributed by atoms with E-state index in [0.29, 0.717) is 23.4 Å². The van der Waals surface area contributed by atoms with Gasteiger partial charge in [0.1, 0.15) is 18.3 Å². The summed E-state index contributed by atoms with van der Waals surface area (Å²) in [5, 5.41) is 3.29. The van der Waals surface area contributed by atoms with Gasteiger partial charge in [-0.3, -0.25) is 9.59 Å². The van der Waals surface area contributed by atoms with Gasteiger partial charge in [0.25, 0.3) is 0 Å². The summed E-state index contributed by atoms with van der Waals surface area (Å²) in [4.78, 5) is 26.7.